The molecule has 0 unspecified atom stereocenters. The third-order valence-electron chi connectivity index (χ3n) is 12.2. The van der Waals surface area contributed by atoms with Crippen molar-refractivity contribution in [3.63, 3.8) is 0 Å². The Labute approximate surface area is 234 Å². The van der Waals surface area contributed by atoms with Gasteiger partial charge in [0.05, 0.1) is 6.42 Å². The van der Waals surface area contributed by atoms with Crippen LogP contribution < -0.4 is 4.74 Å². The lowest BCUT2D eigenvalue weighted by Gasteiger charge is -2.57. The largest absolute Gasteiger partial charge is 0.489 e. The van der Waals surface area contributed by atoms with E-state index >= 15 is 0 Å². The molecule has 0 radical (unpaired) electrons. The van der Waals surface area contributed by atoms with Crippen LogP contribution in [0.25, 0.3) is 0 Å². The standard InChI is InChI=1S/C36H44O3/c1-34-13-6-14-35(2,32(37)19-33(38)36-20-25-15-26(21-36)17-27(16-25)22-36)31(34)12-10-28-9-11-29(18-30(28)34)39-23-24-7-4-3-5-8-24/h3-5,7-9,11,18,25-27,31H,6,10,12-17,19-23H2,1-2H3/t25?,26?,27?,31-,34-,35+,36?/m1/s1. The summed E-state index contributed by atoms with van der Waals surface area (Å²) in [5.74, 6) is 3.92. The van der Waals surface area contributed by atoms with Crippen molar-refractivity contribution < 1.29 is 14.3 Å². The molecule has 39 heavy (non-hydrogen) atoms. The molecular formula is C36H44O3. The molecule has 8 rings (SSSR count). The third-order valence-corrected chi connectivity index (χ3v) is 12.2. The normalized spacial score (nSPS) is 38.1. The molecular weight excluding hydrogens is 480 g/mol. The first-order valence-electron chi connectivity index (χ1n) is 15.6. The van der Waals surface area contributed by atoms with E-state index in [9.17, 15) is 9.59 Å². The highest BCUT2D eigenvalue weighted by Gasteiger charge is 2.58. The molecule has 3 heteroatoms. The van der Waals surface area contributed by atoms with Crippen molar-refractivity contribution in [2.45, 2.75) is 103 Å². The lowest BCUT2D eigenvalue weighted by molar-refractivity contribution is -0.150. The lowest BCUT2D eigenvalue weighted by atomic mass is 9.47. The Morgan fingerprint density at radius 1 is 0.872 bits per heavy atom. The fraction of sp³-hybridized carbons (Fsp3) is 0.611. The van der Waals surface area contributed by atoms with Crippen molar-refractivity contribution >= 4 is 11.6 Å². The zero-order valence-electron chi connectivity index (χ0n) is 23.8. The first-order chi connectivity index (χ1) is 18.8. The van der Waals surface area contributed by atoms with Crippen molar-refractivity contribution in [1.82, 2.24) is 0 Å². The highest BCUT2D eigenvalue weighted by Crippen LogP contribution is 2.62. The van der Waals surface area contributed by atoms with E-state index in [1.54, 1.807) is 0 Å². The maximum atomic E-state index is 14.2. The number of fused-ring (bicyclic) bond motifs is 3. The van der Waals surface area contributed by atoms with Gasteiger partial charge in [0.25, 0.3) is 0 Å². The fourth-order valence-electron chi connectivity index (χ4n) is 10.6. The van der Waals surface area contributed by atoms with Crippen molar-refractivity contribution in [3.8, 4) is 5.75 Å². The quantitative estimate of drug-likeness (QED) is 0.345. The molecule has 0 aromatic heterocycles. The maximum absolute atomic E-state index is 14.2. The predicted octanol–water partition coefficient (Wildman–Crippen LogP) is 8.02. The number of hydrogen-bond donors (Lipinski definition) is 0. The Balaban J connectivity index is 1.11. The topological polar surface area (TPSA) is 43.4 Å². The first-order valence-corrected chi connectivity index (χ1v) is 15.6. The number of benzene rings is 2. The second-order valence-corrected chi connectivity index (χ2v) is 14.6. The van der Waals surface area contributed by atoms with Gasteiger partial charge in [0.1, 0.15) is 23.9 Å². The van der Waals surface area contributed by atoms with Crippen LogP contribution in [0.15, 0.2) is 48.5 Å². The average molecular weight is 525 g/mol. The van der Waals surface area contributed by atoms with Crippen molar-refractivity contribution in [1.29, 1.82) is 0 Å². The summed E-state index contributed by atoms with van der Waals surface area (Å²) in [5, 5.41) is 0. The lowest BCUT2D eigenvalue weighted by Crippen LogP contribution is -2.54. The minimum Gasteiger partial charge on any atom is -0.489 e. The van der Waals surface area contributed by atoms with Gasteiger partial charge in [-0.3, -0.25) is 9.59 Å². The second kappa shape index (κ2) is 9.32. The molecule has 6 aliphatic rings. The molecule has 0 amide bonds. The van der Waals surface area contributed by atoms with E-state index in [-0.39, 0.29) is 29.0 Å². The van der Waals surface area contributed by atoms with Gasteiger partial charge in [-0.15, -0.1) is 0 Å². The summed E-state index contributed by atoms with van der Waals surface area (Å²) in [7, 11) is 0. The maximum Gasteiger partial charge on any atom is 0.146 e. The van der Waals surface area contributed by atoms with Crippen molar-refractivity contribution in [2.75, 3.05) is 0 Å². The molecule has 0 saturated heterocycles. The Hall–Kier alpha value is -2.42. The second-order valence-electron chi connectivity index (χ2n) is 14.6. The summed E-state index contributed by atoms with van der Waals surface area (Å²) < 4.78 is 6.24. The minimum absolute atomic E-state index is 0.0634. The molecule has 3 atom stereocenters. The summed E-state index contributed by atoms with van der Waals surface area (Å²) >= 11 is 0. The van der Waals surface area contributed by atoms with Crippen LogP contribution in [0.5, 0.6) is 5.75 Å². The molecule has 206 valence electrons. The van der Waals surface area contributed by atoms with E-state index < -0.39 is 5.41 Å². The number of carbonyl (C=O) groups excluding carboxylic acids is 2. The summed E-state index contributed by atoms with van der Waals surface area (Å²) in [6, 6.07) is 16.9. The van der Waals surface area contributed by atoms with Crippen LogP contribution in [0.1, 0.15) is 101 Å². The van der Waals surface area contributed by atoms with E-state index in [0.717, 1.165) is 74.9 Å². The number of rotatable bonds is 7. The smallest absolute Gasteiger partial charge is 0.146 e. The van der Waals surface area contributed by atoms with Crippen molar-refractivity contribution in [2.24, 2.45) is 34.5 Å². The van der Waals surface area contributed by atoms with E-state index in [4.69, 9.17) is 4.74 Å². The zero-order valence-corrected chi connectivity index (χ0v) is 23.8. The molecule has 2 aromatic carbocycles. The van der Waals surface area contributed by atoms with Gasteiger partial charge in [0, 0.05) is 10.8 Å². The van der Waals surface area contributed by atoms with Crippen LogP contribution in [0, 0.1) is 34.5 Å². The summed E-state index contributed by atoms with van der Waals surface area (Å²) in [4.78, 5) is 28.1. The molecule has 5 fully saturated rings. The molecule has 5 saturated carbocycles. The van der Waals surface area contributed by atoms with Gasteiger partial charge in [0.2, 0.25) is 0 Å². The molecule has 0 spiro atoms. The number of Topliss-reactive ketones (excluding diaryl/α,β-unsaturated/α-hetero) is 2. The SMILES string of the molecule is C[C@]1(C(=O)CC(=O)C23CC4CC(CC(C4)C2)C3)CCC[C@]2(C)c3cc(OCc4ccccc4)ccc3CC[C@@H]12. The van der Waals surface area contributed by atoms with Crippen molar-refractivity contribution in [3.05, 3.63) is 65.2 Å². The number of ketones is 2. The van der Waals surface area contributed by atoms with Gasteiger partial charge in [0.15, 0.2) is 0 Å². The molecule has 3 nitrogen and oxygen atoms in total. The third kappa shape index (κ3) is 4.21. The summed E-state index contributed by atoms with van der Waals surface area (Å²) in [6.45, 7) is 5.16. The summed E-state index contributed by atoms with van der Waals surface area (Å²) in [5.41, 5.74) is 3.27. The molecule has 6 aliphatic carbocycles. The first kappa shape index (κ1) is 25.5. The van der Waals surface area contributed by atoms with E-state index in [1.165, 1.54) is 36.0 Å². The number of ether oxygens (including phenoxy) is 1. The highest BCUT2D eigenvalue weighted by atomic mass is 16.5. The van der Waals surface area contributed by atoms with E-state index in [1.807, 2.05) is 18.2 Å². The molecule has 4 bridgehead atoms. The van der Waals surface area contributed by atoms with Gasteiger partial charge in [-0.25, -0.2) is 0 Å². The fourth-order valence-corrected chi connectivity index (χ4v) is 10.6. The zero-order chi connectivity index (χ0) is 26.8. The Morgan fingerprint density at radius 3 is 2.26 bits per heavy atom. The Kier molecular flexibility index (Phi) is 6.10. The van der Waals surface area contributed by atoms with Crippen LogP contribution in [-0.2, 0) is 28.0 Å². The van der Waals surface area contributed by atoms with Crippen LogP contribution in [0.2, 0.25) is 0 Å². The van der Waals surface area contributed by atoms with Gasteiger partial charge in [-0.1, -0.05) is 56.7 Å². The van der Waals surface area contributed by atoms with Crippen LogP contribution in [-0.4, -0.2) is 11.6 Å². The van der Waals surface area contributed by atoms with Gasteiger partial charge >= 0.3 is 0 Å². The highest BCUT2D eigenvalue weighted by molar-refractivity contribution is 6.04. The van der Waals surface area contributed by atoms with Gasteiger partial charge in [-0.05, 0) is 122 Å². The Morgan fingerprint density at radius 2 is 1.56 bits per heavy atom. The summed E-state index contributed by atoms with van der Waals surface area (Å²) in [6.07, 6.45) is 12.4. The number of aryl methyl sites for hydroxylation is 1. The van der Waals surface area contributed by atoms with Crippen LogP contribution in [0.3, 0.4) is 0 Å². The van der Waals surface area contributed by atoms with E-state index in [0.29, 0.717) is 12.4 Å². The minimum atomic E-state index is -0.427. The van der Waals surface area contributed by atoms with Gasteiger partial charge in [-0.2, -0.15) is 0 Å². The average Bonchev–Trinajstić information content (AvgIpc) is 2.91. The Bertz CT molecular complexity index is 1240. The molecule has 0 N–H and O–H groups in total. The molecule has 0 aliphatic heterocycles. The molecule has 2 aromatic rings. The van der Waals surface area contributed by atoms with Gasteiger partial charge < -0.3 is 4.74 Å². The predicted molar refractivity (Wildman–Crippen MR) is 154 cm³/mol. The monoisotopic (exact) mass is 524 g/mol. The van der Waals surface area contributed by atoms with Crippen LogP contribution >= 0.6 is 0 Å². The number of hydrogen-bond acceptors (Lipinski definition) is 3. The molecule has 0 heterocycles. The van der Waals surface area contributed by atoms with Crippen LogP contribution in [0.4, 0.5) is 0 Å². The number of carbonyl (C=O) groups is 2. The van der Waals surface area contributed by atoms with E-state index in [2.05, 4.69) is 44.2 Å².